The third-order valence-electron chi connectivity index (χ3n) is 5.67. The average molecular weight is 374 g/mol. The fraction of sp³-hybridized carbons (Fsp3) is 0.700. The number of nitrogens with one attached hydrogen (secondary N) is 1. The Kier molecular flexibility index (Phi) is 6.63. The normalized spacial score (nSPS) is 19.8. The van der Waals surface area contributed by atoms with Gasteiger partial charge in [0.05, 0.1) is 6.20 Å². The minimum atomic E-state index is -0.442. The van der Waals surface area contributed by atoms with Crippen molar-refractivity contribution < 1.29 is 9.59 Å². The van der Waals surface area contributed by atoms with E-state index in [0.29, 0.717) is 13.1 Å². The highest BCUT2D eigenvalue weighted by atomic mass is 16.2. The summed E-state index contributed by atoms with van der Waals surface area (Å²) in [6.07, 6.45) is 10.4. The molecule has 0 spiro atoms. The van der Waals surface area contributed by atoms with Crippen LogP contribution in [0.15, 0.2) is 18.6 Å². The van der Waals surface area contributed by atoms with Crippen molar-refractivity contribution in [1.82, 2.24) is 20.2 Å². The van der Waals surface area contributed by atoms with Crippen molar-refractivity contribution in [2.24, 2.45) is 11.8 Å². The van der Waals surface area contributed by atoms with E-state index < -0.39 is 6.04 Å². The Bertz CT molecular complexity index is 623. The van der Waals surface area contributed by atoms with Crippen LogP contribution in [0.4, 0.5) is 5.82 Å². The Labute approximate surface area is 161 Å². The van der Waals surface area contributed by atoms with Gasteiger partial charge in [-0.2, -0.15) is 0 Å². The molecule has 1 aliphatic heterocycles. The van der Waals surface area contributed by atoms with E-state index in [4.69, 9.17) is 0 Å². The van der Waals surface area contributed by atoms with Gasteiger partial charge in [0, 0.05) is 44.5 Å². The van der Waals surface area contributed by atoms with Crippen LogP contribution in [-0.2, 0) is 9.59 Å². The van der Waals surface area contributed by atoms with Gasteiger partial charge in [-0.15, -0.1) is 0 Å². The number of rotatable bonds is 5. The van der Waals surface area contributed by atoms with Crippen molar-refractivity contribution in [1.29, 1.82) is 0 Å². The lowest BCUT2D eigenvalue weighted by atomic mass is 9.88. The first kappa shape index (κ1) is 19.6. The number of carbonyl (C=O) groups is 2. The van der Waals surface area contributed by atoms with Crippen molar-refractivity contribution in [3.05, 3.63) is 18.6 Å². The van der Waals surface area contributed by atoms with Crippen LogP contribution >= 0.6 is 0 Å². The predicted octanol–water partition coefficient (Wildman–Crippen LogP) is 1.85. The summed E-state index contributed by atoms with van der Waals surface area (Å²) in [5.74, 6) is 1.08. The van der Waals surface area contributed by atoms with Gasteiger partial charge >= 0.3 is 0 Å². The molecule has 1 saturated carbocycles. The van der Waals surface area contributed by atoms with E-state index in [2.05, 4.69) is 20.2 Å². The first-order valence-corrected chi connectivity index (χ1v) is 10.2. The number of carbonyl (C=O) groups excluding carboxylic acids is 2. The predicted molar refractivity (Wildman–Crippen MR) is 104 cm³/mol. The highest BCUT2D eigenvalue weighted by Crippen LogP contribution is 2.24. The minimum Gasteiger partial charge on any atom is -0.352 e. The van der Waals surface area contributed by atoms with E-state index in [-0.39, 0.29) is 23.7 Å². The number of aromatic nitrogens is 2. The molecule has 1 N–H and O–H groups in total. The van der Waals surface area contributed by atoms with Gasteiger partial charge in [-0.05, 0) is 18.8 Å². The van der Waals surface area contributed by atoms with Gasteiger partial charge in [0.25, 0.3) is 0 Å². The maximum absolute atomic E-state index is 13.1. The number of piperazine rings is 1. The number of nitrogens with zero attached hydrogens (tertiary/aromatic N) is 4. The van der Waals surface area contributed by atoms with Gasteiger partial charge < -0.3 is 15.1 Å². The monoisotopic (exact) mass is 373 g/mol. The topological polar surface area (TPSA) is 78.4 Å². The van der Waals surface area contributed by atoms with Crippen LogP contribution in [-0.4, -0.2) is 58.9 Å². The molecule has 2 fully saturated rings. The van der Waals surface area contributed by atoms with Gasteiger partial charge in [-0.25, -0.2) is 4.98 Å². The standard InChI is InChI=1S/C20H31N5O2/c1-15(2)18(23-19(26)16-6-4-3-5-7-16)20(27)25-12-10-24(11-13-25)17-14-21-8-9-22-17/h8-9,14-16,18H,3-7,10-13H2,1-2H3,(H,23,26). The molecule has 7 heteroatoms. The van der Waals surface area contributed by atoms with E-state index in [1.807, 2.05) is 18.7 Å². The van der Waals surface area contributed by atoms with Crippen LogP contribution in [0.3, 0.4) is 0 Å². The van der Waals surface area contributed by atoms with Crippen molar-refractivity contribution >= 4 is 17.6 Å². The van der Waals surface area contributed by atoms with Crippen LogP contribution in [0, 0.1) is 11.8 Å². The number of hydrogen-bond donors (Lipinski definition) is 1. The van der Waals surface area contributed by atoms with E-state index in [0.717, 1.165) is 44.6 Å². The van der Waals surface area contributed by atoms with E-state index in [1.165, 1.54) is 6.42 Å². The SMILES string of the molecule is CC(C)C(NC(=O)C1CCCCC1)C(=O)N1CCN(c2cnccn2)CC1. The fourth-order valence-electron chi connectivity index (χ4n) is 3.96. The Hall–Kier alpha value is -2.18. The summed E-state index contributed by atoms with van der Waals surface area (Å²) in [5, 5.41) is 3.06. The molecule has 1 saturated heterocycles. The van der Waals surface area contributed by atoms with Crippen LogP contribution in [0.5, 0.6) is 0 Å². The third kappa shape index (κ3) is 4.96. The Morgan fingerprint density at radius 2 is 1.78 bits per heavy atom. The zero-order valence-electron chi connectivity index (χ0n) is 16.4. The third-order valence-corrected chi connectivity index (χ3v) is 5.67. The Balaban J connectivity index is 1.56. The largest absolute Gasteiger partial charge is 0.352 e. The molecule has 1 unspecified atom stereocenters. The van der Waals surface area contributed by atoms with Crippen LogP contribution in [0.1, 0.15) is 46.0 Å². The lowest BCUT2D eigenvalue weighted by molar-refractivity contribution is -0.139. The summed E-state index contributed by atoms with van der Waals surface area (Å²) in [6.45, 7) is 6.73. The smallest absolute Gasteiger partial charge is 0.245 e. The average Bonchev–Trinajstić information content (AvgIpc) is 2.72. The molecule has 27 heavy (non-hydrogen) atoms. The van der Waals surface area contributed by atoms with Gasteiger partial charge in [0.1, 0.15) is 11.9 Å². The number of hydrogen-bond acceptors (Lipinski definition) is 5. The summed E-state index contributed by atoms with van der Waals surface area (Å²) in [6, 6.07) is -0.442. The van der Waals surface area contributed by atoms with Crippen LogP contribution in [0.25, 0.3) is 0 Å². The fourth-order valence-corrected chi connectivity index (χ4v) is 3.96. The molecular formula is C20H31N5O2. The lowest BCUT2D eigenvalue weighted by Gasteiger charge is -2.38. The van der Waals surface area contributed by atoms with E-state index in [1.54, 1.807) is 18.6 Å². The van der Waals surface area contributed by atoms with Crippen molar-refractivity contribution in [3.63, 3.8) is 0 Å². The molecule has 2 amide bonds. The first-order valence-electron chi connectivity index (χ1n) is 10.2. The zero-order valence-corrected chi connectivity index (χ0v) is 16.4. The molecule has 2 heterocycles. The molecule has 3 rings (SSSR count). The Morgan fingerprint density at radius 3 is 2.37 bits per heavy atom. The molecule has 1 aromatic heterocycles. The number of amides is 2. The molecule has 7 nitrogen and oxygen atoms in total. The van der Waals surface area contributed by atoms with Gasteiger partial charge in [-0.3, -0.25) is 14.6 Å². The summed E-state index contributed by atoms with van der Waals surface area (Å²) in [5.41, 5.74) is 0. The maximum Gasteiger partial charge on any atom is 0.245 e. The molecule has 1 aromatic rings. The molecule has 0 radical (unpaired) electrons. The molecular weight excluding hydrogens is 342 g/mol. The number of anilines is 1. The van der Waals surface area contributed by atoms with E-state index in [9.17, 15) is 9.59 Å². The summed E-state index contributed by atoms with van der Waals surface area (Å²) in [4.78, 5) is 38.2. The second kappa shape index (κ2) is 9.15. The second-order valence-electron chi connectivity index (χ2n) is 7.94. The second-order valence-corrected chi connectivity index (χ2v) is 7.94. The highest BCUT2D eigenvalue weighted by molar-refractivity contribution is 5.89. The van der Waals surface area contributed by atoms with Crippen LogP contribution in [0.2, 0.25) is 0 Å². The molecule has 2 aliphatic rings. The quantitative estimate of drug-likeness (QED) is 0.852. The highest BCUT2D eigenvalue weighted by Gasteiger charge is 2.32. The van der Waals surface area contributed by atoms with E-state index >= 15 is 0 Å². The van der Waals surface area contributed by atoms with Gasteiger partial charge in [0.2, 0.25) is 11.8 Å². The first-order chi connectivity index (χ1) is 13.1. The molecule has 0 aromatic carbocycles. The minimum absolute atomic E-state index is 0.0351. The molecule has 148 valence electrons. The molecule has 0 bridgehead atoms. The van der Waals surface area contributed by atoms with Gasteiger partial charge in [0.15, 0.2) is 0 Å². The maximum atomic E-state index is 13.1. The summed E-state index contributed by atoms with van der Waals surface area (Å²) in [7, 11) is 0. The molecule has 1 aliphatic carbocycles. The van der Waals surface area contributed by atoms with Crippen molar-refractivity contribution in [3.8, 4) is 0 Å². The summed E-state index contributed by atoms with van der Waals surface area (Å²) >= 11 is 0. The zero-order chi connectivity index (χ0) is 19.2. The lowest BCUT2D eigenvalue weighted by Crippen LogP contribution is -2.57. The van der Waals surface area contributed by atoms with Crippen molar-refractivity contribution in [2.75, 3.05) is 31.1 Å². The summed E-state index contributed by atoms with van der Waals surface area (Å²) < 4.78 is 0. The molecule has 1 atom stereocenters. The van der Waals surface area contributed by atoms with Crippen LogP contribution < -0.4 is 10.2 Å². The van der Waals surface area contributed by atoms with Gasteiger partial charge in [-0.1, -0.05) is 33.1 Å². The Morgan fingerprint density at radius 1 is 1.07 bits per heavy atom. The van der Waals surface area contributed by atoms with Crippen molar-refractivity contribution in [2.45, 2.75) is 52.0 Å².